The molecular formula is C7H10N4O2S. The average Bonchev–Trinajstić information content (AvgIpc) is 2.42. The Bertz CT molecular complexity index is 354. The molecule has 0 fully saturated rings. The number of nitrogens with one attached hydrogen (secondary N) is 2. The molecule has 0 atom stereocenters. The maximum Gasteiger partial charge on any atom is 0.275 e. The predicted molar refractivity (Wildman–Crippen MR) is 53.4 cm³/mol. The standard InChI is InChI=1S/C7H10N4O2S/c1-3-5(4(2)13-11-3)6(12)9-10-7(8)14/h1-2H3,(H,9,12)(H3,8,10,14). The minimum Gasteiger partial charge on any atom is -0.375 e. The van der Waals surface area contributed by atoms with Crippen LogP contribution >= 0.6 is 12.2 Å². The van der Waals surface area contributed by atoms with Crippen LogP contribution in [0.25, 0.3) is 0 Å². The third-order valence-corrected chi connectivity index (χ3v) is 1.66. The number of hydrogen-bond acceptors (Lipinski definition) is 4. The van der Waals surface area contributed by atoms with Crippen molar-refractivity contribution in [1.82, 2.24) is 16.0 Å². The van der Waals surface area contributed by atoms with Gasteiger partial charge in [-0.25, -0.2) is 0 Å². The van der Waals surface area contributed by atoms with Crippen molar-refractivity contribution in [2.75, 3.05) is 0 Å². The number of hydrazine groups is 1. The molecule has 0 saturated carbocycles. The molecular weight excluding hydrogens is 204 g/mol. The summed E-state index contributed by atoms with van der Waals surface area (Å²) in [6.45, 7) is 3.32. The van der Waals surface area contributed by atoms with Crippen LogP contribution < -0.4 is 16.6 Å². The number of rotatable bonds is 1. The van der Waals surface area contributed by atoms with Crippen LogP contribution in [0.15, 0.2) is 4.52 Å². The number of carbonyl (C=O) groups excluding carboxylic acids is 1. The number of hydrogen-bond donors (Lipinski definition) is 3. The molecule has 7 heteroatoms. The molecule has 1 amide bonds. The SMILES string of the molecule is Cc1noc(C)c1C(=O)NNC(N)=S. The third kappa shape index (κ3) is 2.19. The zero-order valence-corrected chi connectivity index (χ0v) is 8.57. The summed E-state index contributed by atoms with van der Waals surface area (Å²) in [5.41, 5.74) is 10.7. The molecule has 0 spiro atoms. The van der Waals surface area contributed by atoms with E-state index in [9.17, 15) is 4.79 Å². The van der Waals surface area contributed by atoms with E-state index in [0.29, 0.717) is 17.0 Å². The van der Waals surface area contributed by atoms with Crippen molar-refractivity contribution in [2.45, 2.75) is 13.8 Å². The van der Waals surface area contributed by atoms with Crippen molar-refractivity contribution in [1.29, 1.82) is 0 Å². The maximum atomic E-state index is 11.5. The summed E-state index contributed by atoms with van der Waals surface area (Å²) in [5.74, 6) is 0.0683. The van der Waals surface area contributed by atoms with E-state index in [1.54, 1.807) is 13.8 Å². The molecule has 0 radical (unpaired) electrons. The van der Waals surface area contributed by atoms with Gasteiger partial charge in [0.1, 0.15) is 11.3 Å². The molecule has 76 valence electrons. The third-order valence-electron chi connectivity index (χ3n) is 1.56. The Balaban J connectivity index is 2.74. The van der Waals surface area contributed by atoms with Crippen LogP contribution in [0.1, 0.15) is 21.8 Å². The number of aryl methyl sites for hydroxylation is 2. The Morgan fingerprint density at radius 1 is 1.50 bits per heavy atom. The van der Waals surface area contributed by atoms with E-state index >= 15 is 0 Å². The van der Waals surface area contributed by atoms with Gasteiger partial charge in [-0.3, -0.25) is 15.6 Å². The fraction of sp³-hybridized carbons (Fsp3) is 0.286. The van der Waals surface area contributed by atoms with Crippen molar-refractivity contribution >= 4 is 23.2 Å². The first-order valence-electron chi connectivity index (χ1n) is 3.81. The summed E-state index contributed by atoms with van der Waals surface area (Å²) >= 11 is 4.52. The second kappa shape index (κ2) is 4.05. The zero-order valence-electron chi connectivity index (χ0n) is 7.75. The molecule has 0 aliphatic heterocycles. The highest BCUT2D eigenvalue weighted by molar-refractivity contribution is 7.80. The van der Waals surface area contributed by atoms with Crippen molar-refractivity contribution in [3.05, 3.63) is 17.0 Å². The molecule has 6 nitrogen and oxygen atoms in total. The summed E-state index contributed by atoms with van der Waals surface area (Å²) in [7, 11) is 0. The van der Waals surface area contributed by atoms with Gasteiger partial charge in [-0.05, 0) is 26.1 Å². The lowest BCUT2D eigenvalue weighted by atomic mass is 10.2. The molecule has 1 heterocycles. The highest BCUT2D eigenvalue weighted by Gasteiger charge is 2.16. The summed E-state index contributed by atoms with van der Waals surface area (Å²) in [5, 5.41) is 3.63. The van der Waals surface area contributed by atoms with E-state index in [4.69, 9.17) is 10.3 Å². The summed E-state index contributed by atoms with van der Waals surface area (Å²) in [4.78, 5) is 11.5. The highest BCUT2D eigenvalue weighted by Crippen LogP contribution is 2.10. The van der Waals surface area contributed by atoms with Crippen molar-refractivity contribution in [3.63, 3.8) is 0 Å². The predicted octanol–water partition coefficient (Wildman–Crippen LogP) is -0.231. The molecule has 0 bridgehead atoms. The topological polar surface area (TPSA) is 93.2 Å². The van der Waals surface area contributed by atoms with Gasteiger partial charge in [-0.2, -0.15) is 0 Å². The smallest absolute Gasteiger partial charge is 0.275 e. The van der Waals surface area contributed by atoms with E-state index in [1.165, 1.54) is 0 Å². The van der Waals surface area contributed by atoms with Gasteiger partial charge >= 0.3 is 0 Å². The van der Waals surface area contributed by atoms with Gasteiger partial charge in [0.05, 0.1) is 5.69 Å². The molecule has 1 rings (SSSR count). The summed E-state index contributed by atoms with van der Waals surface area (Å²) in [6, 6.07) is 0. The number of amides is 1. The van der Waals surface area contributed by atoms with E-state index in [-0.39, 0.29) is 11.0 Å². The van der Waals surface area contributed by atoms with Crippen molar-refractivity contribution in [2.24, 2.45) is 5.73 Å². The second-order valence-corrected chi connectivity index (χ2v) is 3.08. The minimum atomic E-state index is -0.381. The van der Waals surface area contributed by atoms with Crippen LogP contribution in [0.4, 0.5) is 0 Å². The average molecular weight is 214 g/mol. The van der Waals surface area contributed by atoms with Crippen LogP contribution in [-0.4, -0.2) is 16.2 Å². The Morgan fingerprint density at radius 3 is 2.57 bits per heavy atom. The largest absolute Gasteiger partial charge is 0.375 e. The second-order valence-electron chi connectivity index (χ2n) is 2.64. The molecule has 4 N–H and O–H groups in total. The zero-order chi connectivity index (χ0) is 10.7. The Morgan fingerprint density at radius 2 is 2.14 bits per heavy atom. The first kappa shape index (κ1) is 10.5. The monoisotopic (exact) mass is 214 g/mol. The van der Waals surface area contributed by atoms with Gasteiger partial charge in [0.15, 0.2) is 5.11 Å². The molecule has 0 aliphatic carbocycles. The quantitative estimate of drug-likeness (QED) is 0.441. The molecule has 1 aromatic rings. The van der Waals surface area contributed by atoms with E-state index in [2.05, 4.69) is 28.2 Å². The lowest BCUT2D eigenvalue weighted by Crippen LogP contribution is -2.44. The Labute approximate surface area is 85.8 Å². The normalized spacial score (nSPS) is 9.57. The van der Waals surface area contributed by atoms with Gasteiger partial charge in [0.25, 0.3) is 5.91 Å². The lowest BCUT2D eigenvalue weighted by Gasteiger charge is -2.04. The van der Waals surface area contributed by atoms with Crippen LogP contribution in [0.5, 0.6) is 0 Å². The molecule has 0 saturated heterocycles. The Kier molecular flexibility index (Phi) is 3.03. The summed E-state index contributed by atoms with van der Waals surface area (Å²) < 4.78 is 4.82. The van der Waals surface area contributed by atoms with E-state index < -0.39 is 0 Å². The molecule has 14 heavy (non-hydrogen) atoms. The van der Waals surface area contributed by atoms with Gasteiger partial charge < -0.3 is 10.3 Å². The fourth-order valence-electron chi connectivity index (χ4n) is 0.988. The van der Waals surface area contributed by atoms with Gasteiger partial charge in [-0.1, -0.05) is 5.16 Å². The molecule has 0 unspecified atom stereocenters. The van der Waals surface area contributed by atoms with Gasteiger partial charge in [-0.15, -0.1) is 0 Å². The van der Waals surface area contributed by atoms with Crippen molar-refractivity contribution < 1.29 is 9.32 Å². The number of nitrogens with zero attached hydrogens (tertiary/aromatic N) is 1. The number of aromatic nitrogens is 1. The van der Waals surface area contributed by atoms with Crippen LogP contribution in [0, 0.1) is 13.8 Å². The fourth-order valence-corrected chi connectivity index (χ4v) is 1.04. The van der Waals surface area contributed by atoms with Crippen LogP contribution in [0.3, 0.4) is 0 Å². The highest BCUT2D eigenvalue weighted by atomic mass is 32.1. The minimum absolute atomic E-state index is 0.00916. The maximum absolute atomic E-state index is 11.5. The first-order chi connectivity index (χ1) is 6.52. The van der Waals surface area contributed by atoms with Crippen LogP contribution in [0.2, 0.25) is 0 Å². The number of nitrogens with two attached hydrogens (primary N) is 1. The van der Waals surface area contributed by atoms with E-state index in [1.807, 2.05) is 0 Å². The van der Waals surface area contributed by atoms with Gasteiger partial charge in [0.2, 0.25) is 0 Å². The Hall–Kier alpha value is -1.63. The van der Waals surface area contributed by atoms with Gasteiger partial charge in [0, 0.05) is 0 Å². The molecule has 0 aliphatic rings. The van der Waals surface area contributed by atoms with Crippen molar-refractivity contribution in [3.8, 4) is 0 Å². The first-order valence-corrected chi connectivity index (χ1v) is 4.22. The van der Waals surface area contributed by atoms with E-state index in [0.717, 1.165) is 0 Å². The summed E-state index contributed by atoms with van der Waals surface area (Å²) in [6.07, 6.45) is 0. The number of carbonyl (C=O) groups is 1. The molecule has 1 aromatic heterocycles. The lowest BCUT2D eigenvalue weighted by molar-refractivity contribution is 0.0942. The molecule has 0 aromatic carbocycles. The number of thiocarbonyl (C=S) groups is 1. The van der Waals surface area contributed by atoms with Crippen LogP contribution in [-0.2, 0) is 0 Å².